The molecule has 1 amide bonds. The van der Waals surface area contributed by atoms with E-state index in [0.29, 0.717) is 5.82 Å². The van der Waals surface area contributed by atoms with Crippen molar-refractivity contribution in [1.29, 1.82) is 0 Å². The van der Waals surface area contributed by atoms with Gasteiger partial charge in [-0.05, 0) is 58.8 Å². The third-order valence-electron chi connectivity index (χ3n) is 2.82. The summed E-state index contributed by atoms with van der Waals surface area (Å²) in [5, 5.41) is 2.72. The number of hydrogen-bond acceptors (Lipinski definition) is 3. The molecular weight excluding hydrogens is 332 g/mol. The Balaban J connectivity index is 1.99. The molecule has 108 valence electrons. The zero-order valence-electron chi connectivity index (χ0n) is 11.8. The van der Waals surface area contributed by atoms with Crippen LogP contribution in [0.4, 0.5) is 5.82 Å². The predicted molar refractivity (Wildman–Crippen MR) is 87.3 cm³/mol. The van der Waals surface area contributed by atoms with Gasteiger partial charge < -0.3 is 10.1 Å². The van der Waals surface area contributed by atoms with Gasteiger partial charge in [-0.3, -0.25) is 4.79 Å². The first-order valence-corrected chi connectivity index (χ1v) is 7.14. The Morgan fingerprint density at radius 2 is 1.95 bits per heavy atom. The number of hydrogen-bond donors (Lipinski definition) is 1. The van der Waals surface area contributed by atoms with Crippen LogP contribution >= 0.6 is 15.9 Å². The molecule has 0 spiro atoms. The van der Waals surface area contributed by atoms with Gasteiger partial charge >= 0.3 is 0 Å². The summed E-state index contributed by atoms with van der Waals surface area (Å²) in [6, 6.07) is 11.0. The molecule has 1 heterocycles. The number of amides is 1. The summed E-state index contributed by atoms with van der Waals surface area (Å²) < 4.78 is 5.99. The van der Waals surface area contributed by atoms with Crippen molar-refractivity contribution in [2.75, 3.05) is 12.4 Å². The van der Waals surface area contributed by atoms with Crippen LogP contribution in [-0.2, 0) is 4.79 Å². The minimum absolute atomic E-state index is 0.222. The summed E-state index contributed by atoms with van der Waals surface area (Å²) in [6.45, 7) is 1.87. The number of carbonyl (C=O) groups excluding carboxylic acids is 1. The van der Waals surface area contributed by atoms with E-state index in [1.54, 1.807) is 19.3 Å². The molecule has 0 radical (unpaired) electrons. The lowest BCUT2D eigenvalue weighted by Gasteiger charge is -2.03. The maximum absolute atomic E-state index is 11.8. The van der Waals surface area contributed by atoms with Gasteiger partial charge in [0.05, 0.1) is 12.8 Å². The molecule has 0 aliphatic carbocycles. The fraction of sp³-hybridized carbons (Fsp3) is 0.125. The first kappa shape index (κ1) is 15.3. The number of benzene rings is 1. The molecule has 5 heteroatoms. The summed E-state index contributed by atoms with van der Waals surface area (Å²) in [7, 11) is 1.62. The molecule has 0 aliphatic heterocycles. The molecule has 0 bridgehead atoms. The van der Waals surface area contributed by atoms with Crippen LogP contribution in [0, 0.1) is 6.92 Å². The van der Waals surface area contributed by atoms with Gasteiger partial charge in [-0.2, -0.15) is 0 Å². The van der Waals surface area contributed by atoms with Gasteiger partial charge in [0, 0.05) is 10.5 Å². The Bertz CT molecular complexity index is 666. The molecule has 2 aromatic rings. The Morgan fingerprint density at radius 3 is 2.57 bits per heavy atom. The third kappa shape index (κ3) is 4.43. The van der Waals surface area contributed by atoms with Crippen LogP contribution in [0.2, 0.25) is 0 Å². The highest BCUT2D eigenvalue weighted by Gasteiger charge is 2.02. The van der Waals surface area contributed by atoms with E-state index >= 15 is 0 Å². The van der Waals surface area contributed by atoms with Crippen LogP contribution in [0.1, 0.15) is 11.3 Å². The van der Waals surface area contributed by atoms with E-state index in [1.165, 1.54) is 6.08 Å². The van der Waals surface area contributed by atoms with Crippen molar-refractivity contribution in [2.24, 2.45) is 0 Å². The topological polar surface area (TPSA) is 51.2 Å². The van der Waals surface area contributed by atoms with Gasteiger partial charge in [0.25, 0.3) is 0 Å². The van der Waals surface area contributed by atoms with Crippen LogP contribution in [0.25, 0.3) is 6.08 Å². The fourth-order valence-corrected chi connectivity index (χ4v) is 1.89. The number of anilines is 1. The Morgan fingerprint density at radius 1 is 1.24 bits per heavy atom. The molecule has 0 aliphatic rings. The van der Waals surface area contributed by atoms with Crippen LogP contribution < -0.4 is 10.1 Å². The smallest absolute Gasteiger partial charge is 0.249 e. The molecule has 1 aromatic carbocycles. The Kier molecular flexibility index (Phi) is 5.11. The number of carbonyl (C=O) groups is 1. The van der Waals surface area contributed by atoms with Gasteiger partial charge in [0.2, 0.25) is 5.91 Å². The van der Waals surface area contributed by atoms with Crippen molar-refractivity contribution in [3.05, 3.63) is 58.2 Å². The molecule has 0 atom stereocenters. The lowest BCUT2D eigenvalue weighted by atomic mass is 10.2. The molecule has 0 saturated carbocycles. The Labute approximate surface area is 132 Å². The maximum atomic E-state index is 11.8. The van der Waals surface area contributed by atoms with E-state index in [1.807, 2.05) is 37.3 Å². The van der Waals surface area contributed by atoms with Gasteiger partial charge in [-0.15, -0.1) is 0 Å². The minimum Gasteiger partial charge on any atom is -0.497 e. The monoisotopic (exact) mass is 346 g/mol. The zero-order chi connectivity index (χ0) is 15.2. The number of nitrogens with one attached hydrogen (secondary N) is 1. The van der Waals surface area contributed by atoms with Gasteiger partial charge in [0.1, 0.15) is 11.6 Å². The standard InChI is InChI=1S/C16H15BrN2O2/c1-11-14(17)8-9-15(18-11)19-16(20)10-5-12-3-6-13(21-2)7-4-12/h3-10H,1-2H3,(H,18,19,20). The maximum Gasteiger partial charge on any atom is 0.249 e. The summed E-state index contributed by atoms with van der Waals surface area (Å²) in [5.74, 6) is 1.09. The second-order valence-corrected chi connectivity index (χ2v) is 5.21. The number of halogens is 1. The number of methoxy groups -OCH3 is 1. The molecule has 1 N–H and O–H groups in total. The fourth-order valence-electron chi connectivity index (χ4n) is 1.67. The first-order chi connectivity index (χ1) is 10.1. The van der Waals surface area contributed by atoms with Crippen LogP contribution in [0.5, 0.6) is 5.75 Å². The molecule has 0 saturated heterocycles. The van der Waals surface area contributed by atoms with E-state index in [0.717, 1.165) is 21.5 Å². The number of ether oxygens (including phenoxy) is 1. The Hall–Kier alpha value is -2.14. The van der Waals surface area contributed by atoms with Crippen molar-refractivity contribution < 1.29 is 9.53 Å². The van der Waals surface area contributed by atoms with Crippen molar-refractivity contribution in [2.45, 2.75) is 6.92 Å². The SMILES string of the molecule is COc1ccc(C=CC(=O)Nc2ccc(Br)c(C)n2)cc1. The highest BCUT2D eigenvalue weighted by atomic mass is 79.9. The zero-order valence-corrected chi connectivity index (χ0v) is 13.3. The van der Waals surface area contributed by atoms with E-state index in [4.69, 9.17) is 4.74 Å². The van der Waals surface area contributed by atoms with Crippen molar-refractivity contribution in [3.8, 4) is 5.75 Å². The molecule has 4 nitrogen and oxygen atoms in total. The first-order valence-electron chi connectivity index (χ1n) is 6.35. The van der Waals surface area contributed by atoms with Crippen molar-refractivity contribution in [3.63, 3.8) is 0 Å². The van der Waals surface area contributed by atoms with Crippen molar-refractivity contribution >= 4 is 33.7 Å². The average molecular weight is 347 g/mol. The van der Waals surface area contributed by atoms with Gasteiger partial charge in [-0.1, -0.05) is 12.1 Å². The largest absolute Gasteiger partial charge is 0.497 e. The molecule has 0 unspecified atom stereocenters. The quantitative estimate of drug-likeness (QED) is 0.856. The second-order valence-electron chi connectivity index (χ2n) is 4.36. The number of aryl methyl sites for hydroxylation is 1. The molecule has 21 heavy (non-hydrogen) atoms. The highest BCUT2D eigenvalue weighted by Crippen LogP contribution is 2.16. The predicted octanol–water partition coefficient (Wildman–Crippen LogP) is 3.81. The number of pyridine rings is 1. The molecule has 2 rings (SSSR count). The second kappa shape index (κ2) is 7.04. The average Bonchev–Trinajstić information content (AvgIpc) is 2.49. The van der Waals surface area contributed by atoms with E-state index in [9.17, 15) is 4.79 Å². The summed E-state index contributed by atoms with van der Waals surface area (Å²) in [6.07, 6.45) is 3.21. The molecular formula is C16H15BrN2O2. The van der Waals surface area contributed by atoms with Crippen LogP contribution in [0.3, 0.4) is 0 Å². The molecule has 0 fully saturated rings. The van der Waals surface area contributed by atoms with Gasteiger partial charge in [0.15, 0.2) is 0 Å². The van der Waals surface area contributed by atoms with Crippen LogP contribution in [-0.4, -0.2) is 18.0 Å². The lowest BCUT2D eigenvalue weighted by molar-refractivity contribution is -0.111. The molecule has 1 aromatic heterocycles. The summed E-state index contributed by atoms with van der Waals surface area (Å²) in [4.78, 5) is 16.1. The number of aromatic nitrogens is 1. The van der Waals surface area contributed by atoms with E-state index < -0.39 is 0 Å². The van der Waals surface area contributed by atoms with Crippen molar-refractivity contribution in [1.82, 2.24) is 4.98 Å². The summed E-state index contributed by atoms with van der Waals surface area (Å²) in [5.41, 5.74) is 1.75. The van der Waals surface area contributed by atoms with Crippen LogP contribution in [0.15, 0.2) is 46.9 Å². The number of rotatable bonds is 4. The van der Waals surface area contributed by atoms with Gasteiger partial charge in [-0.25, -0.2) is 4.98 Å². The minimum atomic E-state index is -0.222. The van der Waals surface area contributed by atoms with E-state index in [2.05, 4.69) is 26.2 Å². The van der Waals surface area contributed by atoms with E-state index in [-0.39, 0.29) is 5.91 Å². The lowest BCUT2D eigenvalue weighted by Crippen LogP contribution is -2.09. The number of nitrogens with zero attached hydrogens (tertiary/aromatic N) is 1. The summed E-state index contributed by atoms with van der Waals surface area (Å²) >= 11 is 3.37. The normalized spacial score (nSPS) is 10.6. The third-order valence-corrected chi connectivity index (χ3v) is 3.65. The highest BCUT2D eigenvalue weighted by molar-refractivity contribution is 9.10.